The van der Waals surface area contributed by atoms with Crippen LogP contribution in [-0.4, -0.2) is 11.5 Å². The second-order valence-corrected chi connectivity index (χ2v) is 3.68. The summed E-state index contributed by atoms with van der Waals surface area (Å²) >= 11 is 0. The number of hydrogen-bond acceptors (Lipinski definition) is 2. The van der Waals surface area contributed by atoms with E-state index in [1.54, 1.807) is 0 Å². The minimum Gasteiger partial charge on any atom is -0.353 e. The van der Waals surface area contributed by atoms with Crippen LogP contribution in [0.25, 0.3) is 17.0 Å². The first kappa shape index (κ1) is 8.25. The van der Waals surface area contributed by atoms with E-state index >= 15 is 0 Å². The molecule has 0 spiro atoms. The molecule has 0 bridgehead atoms. The van der Waals surface area contributed by atoms with Gasteiger partial charge in [-0.05, 0) is 12.1 Å². The molecule has 0 aliphatic carbocycles. The van der Waals surface area contributed by atoms with E-state index in [1.165, 1.54) is 0 Å². The first-order chi connectivity index (χ1) is 7.38. The van der Waals surface area contributed by atoms with Gasteiger partial charge in [-0.25, -0.2) is 0 Å². The zero-order valence-electron chi connectivity index (χ0n) is 8.07. The number of nitriles is 1. The molecule has 1 N–H and O–H groups in total. The standard InChI is InChI=1S/C12H9N3/c13-6-8-5-11-12(14-7-8)9-3-1-2-4-10(9)15-11/h1-5,8,15H,7H2. The van der Waals surface area contributed by atoms with Crippen LogP contribution in [0, 0.1) is 17.2 Å². The van der Waals surface area contributed by atoms with E-state index in [4.69, 9.17) is 5.26 Å². The van der Waals surface area contributed by atoms with E-state index in [2.05, 4.69) is 22.1 Å². The minimum absolute atomic E-state index is 0.0921. The fourth-order valence-electron chi connectivity index (χ4n) is 1.96. The zero-order valence-corrected chi connectivity index (χ0v) is 8.07. The summed E-state index contributed by atoms with van der Waals surface area (Å²) in [5.74, 6) is -0.0921. The molecule has 3 heteroatoms. The van der Waals surface area contributed by atoms with Gasteiger partial charge >= 0.3 is 0 Å². The summed E-state index contributed by atoms with van der Waals surface area (Å²) in [6, 6.07) is 10.3. The Kier molecular flexibility index (Phi) is 1.63. The molecule has 1 unspecified atom stereocenters. The van der Waals surface area contributed by atoms with Gasteiger partial charge in [0.05, 0.1) is 29.2 Å². The molecular formula is C12H9N3. The van der Waals surface area contributed by atoms with Crippen molar-refractivity contribution in [3.05, 3.63) is 35.0 Å². The van der Waals surface area contributed by atoms with Gasteiger partial charge in [0.2, 0.25) is 0 Å². The van der Waals surface area contributed by atoms with Crippen LogP contribution in [0.1, 0.15) is 0 Å². The number of aromatic amines is 1. The third kappa shape index (κ3) is 1.15. The lowest BCUT2D eigenvalue weighted by molar-refractivity contribution is 0.827. The number of aromatic nitrogens is 1. The fourth-order valence-corrected chi connectivity index (χ4v) is 1.96. The summed E-state index contributed by atoms with van der Waals surface area (Å²) in [7, 11) is 0. The van der Waals surface area contributed by atoms with E-state index in [1.807, 2.05) is 24.3 Å². The van der Waals surface area contributed by atoms with Crippen LogP contribution in [0.15, 0.2) is 29.3 Å². The maximum absolute atomic E-state index is 8.84. The Morgan fingerprint density at radius 2 is 2.27 bits per heavy atom. The molecule has 0 fully saturated rings. The number of para-hydroxylation sites is 1. The summed E-state index contributed by atoms with van der Waals surface area (Å²) in [6.07, 6.45) is 1.96. The monoisotopic (exact) mass is 195 g/mol. The van der Waals surface area contributed by atoms with Crippen LogP contribution in [0.5, 0.6) is 0 Å². The molecule has 3 nitrogen and oxygen atoms in total. The van der Waals surface area contributed by atoms with Gasteiger partial charge in [-0.15, -0.1) is 0 Å². The molecule has 3 rings (SSSR count). The van der Waals surface area contributed by atoms with Crippen molar-refractivity contribution >= 4 is 17.0 Å². The SMILES string of the molecule is N#CC1C=c2[nH]c3ccccc3c2=NC1. The first-order valence-corrected chi connectivity index (χ1v) is 4.91. The molecule has 1 atom stereocenters. The minimum atomic E-state index is -0.0921. The molecular weight excluding hydrogens is 186 g/mol. The van der Waals surface area contributed by atoms with Gasteiger partial charge in [-0.2, -0.15) is 5.26 Å². The average molecular weight is 195 g/mol. The van der Waals surface area contributed by atoms with Gasteiger partial charge in [-0.3, -0.25) is 4.99 Å². The molecule has 1 aromatic heterocycles. The molecule has 2 aromatic rings. The molecule has 72 valence electrons. The summed E-state index contributed by atoms with van der Waals surface area (Å²) in [4.78, 5) is 7.73. The third-order valence-corrected chi connectivity index (χ3v) is 2.69. The van der Waals surface area contributed by atoms with Crippen molar-refractivity contribution in [3.8, 4) is 6.07 Å². The molecule has 0 amide bonds. The van der Waals surface area contributed by atoms with E-state index < -0.39 is 0 Å². The van der Waals surface area contributed by atoms with Crippen LogP contribution >= 0.6 is 0 Å². The van der Waals surface area contributed by atoms with Crippen molar-refractivity contribution in [2.24, 2.45) is 10.9 Å². The first-order valence-electron chi connectivity index (χ1n) is 4.91. The highest BCUT2D eigenvalue weighted by Gasteiger charge is 2.09. The lowest BCUT2D eigenvalue weighted by atomic mass is 10.1. The quantitative estimate of drug-likeness (QED) is 0.661. The number of nitrogens with one attached hydrogen (secondary N) is 1. The van der Waals surface area contributed by atoms with Gasteiger partial charge < -0.3 is 4.98 Å². The molecule has 1 aliphatic heterocycles. The lowest BCUT2D eigenvalue weighted by Gasteiger charge is -2.01. The van der Waals surface area contributed by atoms with Gasteiger partial charge in [0, 0.05) is 10.9 Å². The Hall–Kier alpha value is -2.08. The number of rotatable bonds is 0. The third-order valence-electron chi connectivity index (χ3n) is 2.69. The smallest absolute Gasteiger partial charge is 0.0900 e. The average Bonchev–Trinajstić information content (AvgIpc) is 2.66. The Balaban J connectivity index is 2.44. The predicted octanol–water partition coefficient (Wildman–Crippen LogP) is 0.721. The molecule has 15 heavy (non-hydrogen) atoms. The second-order valence-electron chi connectivity index (χ2n) is 3.68. The lowest BCUT2D eigenvalue weighted by Crippen LogP contribution is -2.29. The maximum Gasteiger partial charge on any atom is 0.0900 e. The fraction of sp³-hybridized carbons (Fsp3) is 0.167. The normalized spacial score (nSPS) is 18.7. The summed E-state index contributed by atoms with van der Waals surface area (Å²) < 4.78 is 0. The number of nitrogens with zero attached hydrogens (tertiary/aromatic N) is 2. The largest absolute Gasteiger partial charge is 0.353 e. The summed E-state index contributed by atoms with van der Waals surface area (Å²) in [5, 5.41) is 12.0. The van der Waals surface area contributed by atoms with Gasteiger partial charge in [0.25, 0.3) is 0 Å². The highest BCUT2D eigenvalue weighted by atomic mass is 14.8. The number of hydrogen-bond donors (Lipinski definition) is 1. The Morgan fingerprint density at radius 3 is 3.13 bits per heavy atom. The molecule has 0 saturated heterocycles. The summed E-state index contributed by atoms with van der Waals surface area (Å²) in [5.41, 5.74) is 1.08. The van der Waals surface area contributed by atoms with Gasteiger partial charge in [0.1, 0.15) is 0 Å². The van der Waals surface area contributed by atoms with Crippen molar-refractivity contribution in [2.45, 2.75) is 0 Å². The van der Waals surface area contributed by atoms with Crippen molar-refractivity contribution in [2.75, 3.05) is 6.54 Å². The van der Waals surface area contributed by atoms with Crippen molar-refractivity contribution in [1.29, 1.82) is 5.26 Å². The topological polar surface area (TPSA) is 51.9 Å². The van der Waals surface area contributed by atoms with Crippen molar-refractivity contribution in [1.82, 2.24) is 4.98 Å². The number of benzene rings is 1. The van der Waals surface area contributed by atoms with E-state index in [0.29, 0.717) is 6.54 Å². The molecule has 0 radical (unpaired) electrons. The van der Waals surface area contributed by atoms with Gasteiger partial charge in [0.15, 0.2) is 0 Å². The second kappa shape index (κ2) is 2.96. The van der Waals surface area contributed by atoms with Crippen molar-refractivity contribution < 1.29 is 0 Å². The van der Waals surface area contributed by atoms with Crippen LogP contribution < -0.4 is 10.7 Å². The van der Waals surface area contributed by atoms with E-state index in [9.17, 15) is 0 Å². The van der Waals surface area contributed by atoms with Crippen LogP contribution in [0.3, 0.4) is 0 Å². The molecule has 2 heterocycles. The van der Waals surface area contributed by atoms with Crippen LogP contribution in [0.4, 0.5) is 0 Å². The van der Waals surface area contributed by atoms with Crippen molar-refractivity contribution in [3.63, 3.8) is 0 Å². The predicted molar refractivity (Wildman–Crippen MR) is 57.5 cm³/mol. The Labute approximate surface area is 86.4 Å². The molecule has 1 aliphatic rings. The van der Waals surface area contributed by atoms with E-state index in [0.717, 1.165) is 21.6 Å². The number of fused-ring (bicyclic) bond motifs is 3. The maximum atomic E-state index is 8.84. The summed E-state index contributed by atoms with van der Waals surface area (Å²) in [6.45, 7) is 0.575. The van der Waals surface area contributed by atoms with Crippen LogP contribution in [-0.2, 0) is 0 Å². The molecule has 1 aromatic carbocycles. The number of H-pyrrole nitrogens is 1. The Morgan fingerprint density at radius 1 is 1.40 bits per heavy atom. The van der Waals surface area contributed by atoms with E-state index in [-0.39, 0.29) is 5.92 Å². The van der Waals surface area contributed by atoms with Gasteiger partial charge in [-0.1, -0.05) is 18.2 Å². The Bertz CT molecular complexity index is 673. The van der Waals surface area contributed by atoms with Crippen LogP contribution in [0.2, 0.25) is 0 Å². The highest BCUT2D eigenvalue weighted by molar-refractivity contribution is 5.79. The zero-order chi connectivity index (χ0) is 10.3. The highest BCUT2D eigenvalue weighted by Crippen LogP contribution is 2.06. The molecule has 0 saturated carbocycles.